The van der Waals surface area contributed by atoms with Gasteiger partial charge in [0.25, 0.3) is 0 Å². The molecule has 2 nitrogen and oxygen atoms in total. The summed E-state index contributed by atoms with van der Waals surface area (Å²) in [5, 5.41) is 0. The minimum absolute atomic E-state index is 0.138. The van der Waals surface area contributed by atoms with Gasteiger partial charge in [0.2, 0.25) is 0 Å². The number of unbranched alkanes of at least 4 members (excludes halogenated alkanes) is 3. The summed E-state index contributed by atoms with van der Waals surface area (Å²) in [5.74, 6) is 4.69. The zero-order valence-electron chi connectivity index (χ0n) is 9.21. The Morgan fingerprint density at radius 2 is 1.50 bits per heavy atom. The Labute approximate surface area is 96.9 Å². The van der Waals surface area contributed by atoms with E-state index < -0.39 is 0 Å². The maximum Gasteiger partial charge on any atom is 0.0614 e. The lowest BCUT2D eigenvalue weighted by molar-refractivity contribution is 0.710. The van der Waals surface area contributed by atoms with E-state index >= 15 is 0 Å². The minimum Gasteiger partial charge on any atom is -0.315 e. The number of thioether (sulfide) groups is 2. The van der Waals surface area contributed by atoms with E-state index in [-0.39, 0.29) is 6.17 Å². The molecule has 0 spiro atoms. The van der Waals surface area contributed by atoms with Gasteiger partial charge < -0.3 is 11.5 Å². The maximum absolute atomic E-state index is 5.44. The predicted octanol–water partition coefficient (Wildman–Crippen LogP) is 2.28. The third-order valence-corrected chi connectivity index (χ3v) is 4.03. The van der Waals surface area contributed by atoms with Gasteiger partial charge in [-0.05, 0) is 30.1 Å². The van der Waals surface area contributed by atoms with Gasteiger partial charge in [0.15, 0.2) is 0 Å². The first-order chi connectivity index (χ1) is 6.77. The summed E-state index contributed by atoms with van der Waals surface area (Å²) in [5.41, 5.74) is 10.9. The van der Waals surface area contributed by atoms with Crippen molar-refractivity contribution in [3.63, 3.8) is 0 Å². The molecule has 4 heteroatoms. The molecule has 0 aliphatic heterocycles. The van der Waals surface area contributed by atoms with Crippen molar-refractivity contribution < 1.29 is 0 Å². The van der Waals surface area contributed by atoms with Crippen LogP contribution in [0.15, 0.2) is 0 Å². The van der Waals surface area contributed by atoms with E-state index in [1.807, 2.05) is 23.5 Å². The first kappa shape index (κ1) is 14.6. The first-order valence-corrected chi connectivity index (χ1v) is 7.75. The van der Waals surface area contributed by atoms with Gasteiger partial charge in [0.05, 0.1) is 6.17 Å². The molecular weight excluding hydrogens is 212 g/mol. The highest BCUT2D eigenvalue weighted by molar-refractivity contribution is 7.99. The molecule has 0 rings (SSSR count). The van der Waals surface area contributed by atoms with Crippen LogP contribution in [0.1, 0.15) is 32.6 Å². The molecule has 4 N–H and O–H groups in total. The number of rotatable bonds is 10. The third kappa shape index (κ3) is 12.6. The molecule has 0 heterocycles. The molecule has 0 aromatic rings. The van der Waals surface area contributed by atoms with Gasteiger partial charge >= 0.3 is 0 Å². The van der Waals surface area contributed by atoms with Crippen molar-refractivity contribution in [2.75, 3.05) is 23.0 Å². The Morgan fingerprint density at radius 3 is 2.00 bits per heavy atom. The summed E-state index contributed by atoms with van der Waals surface area (Å²) >= 11 is 3.92. The lowest BCUT2D eigenvalue weighted by atomic mass is 10.2. The predicted molar refractivity (Wildman–Crippen MR) is 71.0 cm³/mol. The fourth-order valence-electron chi connectivity index (χ4n) is 1.13. The van der Waals surface area contributed by atoms with E-state index in [0.717, 1.165) is 5.75 Å². The zero-order chi connectivity index (χ0) is 10.6. The van der Waals surface area contributed by atoms with Crippen LogP contribution < -0.4 is 11.5 Å². The second-order valence-corrected chi connectivity index (χ2v) is 5.89. The quantitative estimate of drug-likeness (QED) is 0.451. The van der Waals surface area contributed by atoms with Crippen LogP contribution in [-0.4, -0.2) is 29.2 Å². The van der Waals surface area contributed by atoms with E-state index in [2.05, 4.69) is 6.92 Å². The Morgan fingerprint density at radius 1 is 0.929 bits per heavy atom. The fraction of sp³-hybridized carbons (Fsp3) is 1.00. The molecule has 0 amide bonds. The van der Waals surface area contributed by atoms with Crippen molar-refractivity contribution in [2.24, 2.45) is 11.5 Å². The molecule has 0 atom stereocenters. The van der Waals surface area contributed by atoms with Crippen LogP contribution in [0.3, 0.4) is 0 Å². The van der Waals surface area contributed by atoms with E-state index in [0.29, 0.717) is 0 Å². The molecule has 0 aromatic heterocycles. The van der Waals surface area contributed by atoms with Gasteiger partial charge in [-0.25, -0.2) is 0 Å². The van der Waals surface area contributed by atoms with Gasteiger partial charge in [-0.15, -0.1) is 0 Å². The van der Waals surface area contributed by atoms with Gasteiger partial charge in [-0.3, -0.25) is 0 Å². The summed E-state index contributed by atoms with van der Waals surface area (Å²) in [6, 6.07) is 0. The highest BCUT2D eigenvalue weighted by atomic mass is 32.2. The molecule has 0 saturated heterocycles. The summed E-state index contributed by atoms with van der Waals surface area (Å²) in [4.78, 5) is 0. The number of nitrogens with two attached hydrogens (primary N) is 2. The van der Waals surface area contributed by atoms with Crippen LogP contribution in [0.4, 0.5) is 0 Å². The van der Waals surface area contributed by atoms with Crippen LogP contribution >= 0.6 is 23.5 Å². The van der Waals surface area contributed by atoms with Crippen molar-refractivity contribution in [1.82, 2.24) is 0 Å². The maximum atomic E-state index is 5.44. The highest BCUT2D eigenvalue weighted by Crippen LogP contribution is 2.10. The van der Waals surface area contributed by atoms with Crippen molar-refractivity contribution in [3.05, 3.63) is 0 Å². The van der Waals surface area contributed by atoms with Gasteiger partial charge in [0, 0.05) is 5.75 Å². The summed E-state index contributed by atoms with van der Waals surface area (Å²) in [6.45, 7) is 2.22. The van der Waals surface area contributed by atoms with Gasteiger partial charge in [0.1, 0.15) is 0 Å². The van der Waals surface area contributed by atoms with Crippen molar-refractivity contribution >= 4 is 23.5 Å². The topological polar surface area (TPSA) is 52.0 Å². The second kappa shape index (κ2) is 11.7. The monoisotopic (exact) mass is 236 g/mol. The molecule has 0 bridgehead atoms. The van der Waals surface area contributed by atoms with Crippen molar-refractivity contribution in [3.8, 4) is 0 Å². The van der Waals surface area contributed by atoms with E-state index in [4.69, 9.17) is 11.5 Å². The van der Waals surface area contributed by atoms with Gasteiger partial charge in [-0.2, -0.15) is 23.5 Å². The first-order valence-electron chi connectivity index (χ1n) is 5.44. The lowest BCUT2D eigenvalue weighted by Gasteiger charge is -2.04. The zero-order valence-corrected chi connectivity index (χ0v) is 10.8. The SMILES string of the molecule is CCSCCCCCCSCC(N)N. The van der Waals surface area contributed by atoms with E-state index in [1.165, 1.54) is 42.9 Å². The third-order valence-electron chi connectivity index (χ3n) is 1.84. The van der Waals surface area contributed by atoms with Crippen LogP contribution in [-0.2, 0) is 0 Å². The normalized spacial score (nSPS) is 11.1. The van der Waals surface area contributed by atoms with E-state index in [1.54, 1.807) is 0 Å². The lowest BCUT2D eigenvalue weighted by Crippen LogP contribution is -2.32. The number of hydrogen-bond acceptors (Lipinski definition) is 4. The molecule has 0 radical (unpaired) electrons. The molecule has 0 aliphatic carbocycles. The largest absolute Gasteiger partial charge is 0.315 e. The fourth-order valence-corrected chi connectivity index (χ4v) is 2.67. The highest BCUT2D eigenvalue weighted by Gasteiger charge is 1.95. The van der Waals surface area contributed by atoms with Crippen LogP contribution in [0.5, 0.6) is 0 Å². The molecule has 0 unspecified atom stereocenters. The minimum atomic E-state index is -0.138. The standard InChI is InChI=1S/C10H24N2S2/c1-2-13-7-5-3-4-6-8-14-9-10(11)12/h10H,2-9,11-12H2,1H3. The Kier molecular flexibility index (Phi) is 12.2. The van der Waals surface area contributed by atoms with Crippen molar-refractivity contribution in [2.45, 2.75) is 38.8 Å². The average molecular weight is 236 g/mol. The second-order valence-electron chi connectivity index (χ2n) is 3.35. The van der Waals surface area contributed by atoms with Crippen LogP contribution in [0, 0.1) is 0 Å². The molecule has 0 fully saturated rings. The molecule has 0 aliphatic rings. The average Bonchev–Trinajstić information content (AvgIpc) is 2.15. The Bertz CT molecular complexity index is 110. The summed E-state index contributed by atoms with van der Waals surface area (Å²) in [6.07, 6.45) is 5.29. The molecule has 14 heavy (non-hydrogen) atoms. The molecule has 0 saturated carbocycles. The summed E-state index contributed by atoms with van der Waals surface area (Å²) in [7, 11) is 0. The van der Waals surface area contributed by atoms with Crippen LogP contribution in [0.25, 0.3) is 0 Å². The molecular formula is C10H24N2S2. The Hall–Kier alpha value is 0.620. The van der Waals surface area contributed by atoms with Gasteiger partial charge in [-0.1, -0.05) is 19.8 Å². The van der Waals surface area contributed by atoms with E-state index in [9.17, 15) is 0 Å². The van der Waals surface area contributed by atoms with Crippen LogP contribution in [0.2, 0.25) is 0 Å². The smallest absolute Gasteiger partial charge is 0.0614 e. The van der Waals surface area contributed by atoms with Crippen molar-refractivity contribution in [1.29, 1.82) is 0 Å². The number of hydrogen-bond donors (Lipinski definition) is 2. The molecule has 0 aromatic carbocycles. The summed E-state index contributed by atoms with van der Waals surface area (Å²) < 4.78 is 0. The Balaban J connectivity index is 2.85. The molecule has 86 valence electrons.